The normalized spacial score (nSPS) is 10.3. The van der Waals surface area contributed by atoms with Crippen LogP contribution in [0.1, 0.15) is 54.4 Å². The van der Waals surface area contributed by atoms with Crippen molar-refractivity contribution >= 4 is 17.3 Å². The first kappa shape index (κ1) is 36.9. The Labute approximate surface area is 304 Å². The Hall–Kier alpha value is -7.36. The molecule has 2 aromatic carbocycles. The van der Waals surface area contributed by atoms with E-state index >= 15 is 0 Å². The van der Waals surface area contributed by atoms with Gasteiger partial charge >= 0.3 is 0 Å². The highest BCUT2D eigenvalue weighted by Gasteiger charge is 2.17. The number of hydrogen-bond donors (Lipinski definition) is 0. The number of rotatable bonds is 10. The van der Waals surface area contributed by atoms with Gasteiger partial charge in [-0.3, -0.25) is 28.5 Å². The summed E-state index contributed by atoms with van der Waals surface area (Å²) in [6, 6.07) is 19.1. The molecule has 0 unspecified atom stereocenters. The molecular formula is C41H32FN7O4. The van der Waals surface area contributed by atoms with Gasteiger partial charge in [0.05, 0.1) is 56.3 Å². The molecule has 12 heteroatoms. The summed E-state index contributed by atoms with van der Waals surface area (Å²) in [4.78, 5) is 52.5. The molecule has 0 saturated carbocycles. The van der Waals surface area contributed by atoms with Crippen molar-refractivity contribution < 1.29 is 14.0 Å². The van der Waals surface area contributed by atoms with Crippen LogP contribution in [0.15, 0.2) is 107 Å². The van der Waals surface area contributed by atoms with E-state index in [1.54, 1.807) is 53.5 Å². The molecule has 0 aliphatic heterocycles. The molecule has 0 amide bonds. The molecule has 0 N–H and O–H groups in total. The van der Waals surface area contributed by atoms with Gasteiger partial charge in [0.1, 0.15) is 5.82 Å². The molecule has 0 spiro atoms. The number of terminal acetylenes is 2. The highest BCUT2D eigenvalue weighted by atomic mass is 19.1. The second-order valence-electron chi connectivity index (χ2n) is 11.9. The Bertz CT molecular complexity index is 2570. The first-order valence-corrected chi connectivity index (χ1v) is 16.2. The Morgan fingerprint density at radius 1 is 0.736 bits per heavy atom. The Kier molecular flexibility index (Phi) is 11.5. The Balaban J connectivity index is 0.000000204. The van der Waals surface area contributed by atoms with Crippen LogP contribution in [0.2, 0.25) is 0 Å². The topological polar surface area (TPSA) is 118 Å². The lowest BCUT2D eigenvalue weighted by molar-refractivity contribution is 0.0962. The van der Waals surface area contributed by atoms with Gasteiger partial charge in [0.15, 0.2) is 17.3 Å². The van der Waals surface area contributed by atoms with Crippen molar-refractivity contribution in [3.63, 3.8) is 0 Å². The lowest BCUT2D eigenvalue weighted by atomic mass is 10.1. The van der Waals surface area contributed by atoms with Crippen molar-refractivity contribution in [1.29, 1.82) is 0 Å². The first-order chi connectivity index (χ1) is 25.5. The number of benzene rings is 2. The van der Waals surface area contributed by atoms with E-state index in [1.807, 2.05) is 12.1 Å². The molecule has 4 heterocycles. The van der Waals surface area contributed by atoms with Crippen molar-refractivity contribution in [2.45, 2.75) is 40.0 Å². The van der Waals surface area contributed by atoms with Gasteiger partial charge in [-0.25, -0.2) is 9.24 Å². The van der Waals surface area contributed by atoms with Gasteiger partial charge in [0.25, 0.3) is 11.1 Å². The third-order valence-corrected chi connectivity index (χ3v) is 8.35. The van der Waals surface area contributed by atoms with Gasteiger partial charge in [0.2, 0.25) is 0 Å². The zero-order chi connectivity index (χ0) is 38.1. The standard InChI is InChI=1S/C21H16N4O2.C20H16FN3O2/c1-4-16-8-9-21(27)24(12-16)14-20(26)19-11-23-25(15(19)2)13-17-6-5-7-18(10-17)22-3;1-3-15-6-9-20(26)23(11-15)13-19(25)18-10-22-24(14(18)2)12-16-4-7-17(21)8-5-16/h1,5-12H,13-14H2,2H3;1,4-11H,12-13H2,2H3. The number of ketones is 2. The van der Waals surface area contributed by atoms with Crippen molar-refractivity contribution in [2.75, 3.05) is 0 Å². The van der Waals surface area contributed by atoms with E-state index in [0.29, 0.717) is 52.4 Å². The third-order valence-electron chi connectivity index (χ3n) is 8.35. The van der Waals surface area contributed by atoms with E-state index in [-0.39, 0.29) is 41.6 Å². The highest BCUT2D eigenvalue weighted by Crippen LogP contribution is 2.17. The molecule has 0 atom stereocenters. The third kappa shape index (κ3) is 9.06. The smallest absolute Gasteiger partial charge is 0.251 e. The molecule has 262 valence electrons. The summed E-state index contributed by atoms with van der Waals surface area (Å²) in [5.74, 6) is 4.14. The summed E-state index contributed by atoms with van der Waals surface area (Å²) in [5, 5.41) is 8.52. The molecule has 53 heavy (non-hydrogen) atoms. The molecule has 11 nitrogen and oxygen atoms in total. The van der Waals surface area contributed by atoms with Crippen LogP contribution < -0.4 is 11.1 Å². The number of hydrogen-bond acceptors (Lipinski definition) is 6. The molecule has 0 saturated heterocycles. The van der Waals surface area contributed by atoms with Crippen LogP contribution in [-0.2, 0) is 26.2 Å². The summed E-state index contributed by atoms with van der Waals surface area (Å²) < 4.78 is 19.0. The van der Waals surface area contributed by atoms with E-state index in [9.17, 15) is 23.6 Å². The summed E-state index contributed by atoms with van der Waals surface area (Å²) >= 11 is 0. The number of pyridine rings is 2. The first-order valence-electron chi connectivity index (χ1n) is 16.2. The monoisotopic (exact) mass is 705 g/mol. The van der Waals surface area contributed by atoms with Gasteiger partial charge in [-0.15, -0.1) is 12.8 Å². The molecule has 0 aliphatic rings. The molecule has 6 aromatic rings. The van der Waals surface area contributed by atoms with Gasteiger partial charge in [-0.05, 0) is 49.2 Å². The minimum absolute atomic E-state index is 0.103. The number of Topliss-reactive ketones (excluding diaryl/α,β-unsaturated/α-hetero) is 2. The largest absolute Gasteiger partial charge is 0.306 e. The molecule has 6 rings (SSSR count). The van der Waals surface area contributed by atoms with Gasteiger partial charge in [-0.2, -0.15) is 10.2 Å². The fraction of sp³-hybridized carbons (Fsp3) is 0.146. The fourth-order valence-corrected chi connectivity index (χ4v) is 5.38. The minimum atomic E-state index is -0.304. The lowest BCUT2D eigenvalue weighted by Crippen LogP contribution is -2.23. The van der Waals surface area contributed by atoms with E-state index < -0.39 is 0 Å². The van der Waals surface area contributed by atoms with E-state index in [4.69, 9.17) is 19.4 Å². The number of nitrogens with zero attached hydrogens (tertiary/aromatic N) is 7. The zero-order valence-corrected chi connectivity index (χ0v) is 28.9. The van der Waals surface area contributed by atoms with Crippen LogP contribution in [-0.4, -0.2) is 40.3 Å². The van der Waals surface area contributed by atoms with E-state index in [1.165, 1.54) is 64.3 Å². The van der Waals surface area contributed by atoms with Crippen LogP contribution in [0.4, 0.5) is 10.1 Å². The van der Waals surface area contributed by atoms with Crippen LogP contribution in [0.5, 0.6) is 0 Å². The Morgan fingerprint density at radius 3 is 1.70 bits per heavy atom. The molecular weight excluding hydrogens is 673 g/mol. The maximum Gasteiger partial charge on any atom is 0.251 e. The predicted octanol–water partition coefficient (Wildman–Crippen LogP) is 5.22. The SMILES string of the molecule is C#Cc1ccc(=O)n(CC(=O)c2cnn(Cc3ccc(F)cc3)c2C)c1.[C-]#[N+]c1cccc(Cn2ncc(C(=O)Cn3cc(C#C)ccc3=O)c2C)c1. The zero-order valence-electron chi connectivity index (χ0n) is 28.9. The lowest BCUT2D eigenvalue weighted by Gasteiger charge is -2.07. The minimum Gasteiger partial charge on any atom is -0.306 e. The van der Waals surface area contributed by atoms with Crippen LogP contribution in [0.3, 0.4) is 0 Å². The molecule has 0 radical (unpaired) electrons. The Morgan fingerprint density at radius 2 is 1.23 bits per heavy atom. The van der Waals surface area contributed by atoms with E-state index in [2.05, 4.69) is 26.9 Å². The number of carbonyl (C=O) groups is 2. The second-order valence-corrected chi connectivity index (χ2v) is 11.9. The average Bonchev–Trinajstić information content (AvgIpc) is 3.72. The predicted molar refractivity (Wildman–Crippen MR) is 197 cm³/mol. The van der Waals surface area contributed by atoms with Crippen molar-refractivity contribution in [1.82, 2.24) is 28.7 Å². The maximum atomic E-state index is 13.0. The van der Waals surface area contributed by atoms with Crippen LogP contribution in [0, 0.1) is 50.9 Å². The molecule has 0 fully saturated rings. The van der Waals surface area contributed by atoms with Gasteiger partial charge in [-0.1, -0.05) is 48.2 Å². The van der Waals surface area contributed by atoms with Crippen LogP contribution in [0.25, 0.3) is 4.85 Å². The highest BCUT2D eigenvalue weighted by molar-refractivity contribution is 5.97. The quantitative estimate of drug-likeness (QED) is 0.110. The van der Waals surface area contributed by atoms with Gasteiger partial charge < -0.3 is 9.13 Å². The average molecular weight is 706 g/mol. The van der Waals surface area contributed by atoms with Crippen LogP contribution >= 0.6 is 0 Å². The summed E-state index contributed by atoms with van der Waals surface area (Å²) in [6.07, 6.45) is 16.7. The summed E-state index contributed by atoms with van der Waals surface area (Å²) in [6.45, 7) is 11.3. The second kappa shape index (κ2) is 16.6. The van der Waals surface area contributed by atoms with E-state index in [0.717, 1.165) is 11.1 Å². The van der Waals surface area contributed by atoms with Crippen molar-refractivity contribution in [3.8, 4) is 24.7 Å². The van der Waals surface area contributed by atoms with Crippen molar-refractivity contribution in [2.24, 2.45) is 0 Å². The summed E-state index contributed by atoms with van der Waals surface area (Å²) in [5.41, 5.74) is 5.10. The number of aromatic nitrogens is 6. The number of carbonyl (C=O) groups excluding carboxylic acids is 2. The molecule has 0 bridgehead atoms. The van der Waals surface area contributed by atoms with Gasteiger partial charge in [0, 0.05) is 47.0 Å². The molecule has 0 aliphatic carbocycles. The summed E-state index contributed by atoms with van der Waals surface area (Å²) in [7, 11) is 0. The van der Waals surface area contributed by atoms with Crippen molar-refractivity contribution in [3.05, 3.63) is 180 Å². The fourth-order valence-electron chi connectivity index (χ4n) is 5.38. The maximum absolute atomic E-state index is 13.0. The number of halogens is 1. The molecule has 4 aromatic heterocycles.